The molecule has 1 aliphatic carbocycles. The van der Waals surface area contributed by atoms with Gasteiger partial charge in [0.05, 0.1) is 10.9 Å². The first-order valence-corrected chi connectivity index (χ1v) is 14.5. The van der Waals surface area contributed by atoms with E-state index in [1.165, 1.54) is 12.1 Å². The summed E-state index contributed by atoms with van der Waals surface area (Å²) in [6, 6.07) is 3.14. The van der Waals surface area contributed by atoms with Crippen molar-refractivity contribution in [3.05, 3.63) is 40.6 Å². The molecule has 208 valence electrons. The number of hydrogen-bond acceptors (Lipinski definition) is 7. The molecule has 0 amide bonds. The van der Waals surface area contributed by atoms with Gasteiger partial charge in [-0.3, -0.25) is 9.88 Å². The van der Waals surface area contributed by atoms with Crippen molar-refractivity contribution in [1.82, 2.24) is 25.2 Å². The highest BCUT2D eigenvalue weighted by atomic mass is 35.5. The van der Waals surface area contributed by atoms with Gasteiger partial charge in [0.25, 0.3) is 0 Å². The smallest absolute Gasteiger partial charge is 0.207 e. The van der Waals surface area contributed by atoms with E-state index >= 15 is 4.39 Å². The number of aromatic nitrogens is 3. The predicted molar refractivity (Wildman–Crippen MR) is 151 cm³/mol. The molecule has 7 nitrogen and oxygen atoms in total. The van der Waals surface area contributed by atoms with Gasteiger partial charge in [0.15, 0.2) is 5.82 Å². The molecule has 1 unspecified atom stereocenters. The number of phenols is 1. The van der Waals surface area contributed by atoms with Crippen LogP contribution < -0.4 is 10.2 Å². The number of anilines is 1. The van der Waals surface area contributed by atoms with Crippen LogP contribution >= 0.6 is 11.6 Å². The van der Waals surface area contributed by atoms with Crippen LogP contribution in [0.25, 0.3) is 22.2 Å². The number of fused-ring (bicyclic) bond motifs is 2. The van der Waals surface area contributed by atoms with Crippen LogP contribution in [0.3, 0.4) is 0 Å². The van der Waals surface area contributed by atoms with Gasteiger partial charge >= 0.3 is 0 Å². The summed E-state index contributed by atoms with van der Waals surface area (Å²) >= 11 is 6.52. The van der Waals surface area contributed by atoms with Crippen LogP contribution in [0.15, 0.2) is 18.3 Å². The number of phenolic OH excluding ortho intramolecular Hbond substituents is 1. The summed E-state index contributed by atoms with van der Waals surface area (Å²) in [4.78, 5) is 18.3. The normalized spacial score (nSPS) is 26.6. The minimum atomic E-state index is -0.898. The molecule has 0 bridgehead atoms. The molecule has 40 heavy (non-hydrogen) atoms. The number of alkyl halides is 1. The Morgan fingerprint density at radius 3 is 2.88 bits per heavy atom. The van der Waals surface area contributed by atoms with Crippen molar-refractivity contribution < 1.29 is 13.9 Å². The first-order valence-electron chi connectivity index (χ1n) is 14.1. The Bertz CT molecular complexity index is 1570. The number of nitrogens with zero attached hydrogens (tertiary/aromatic N) is 5. The summed E-state index contributed by atoms with van der Waals surface area (Å²) in [5.74, 6) is 6.82. The summed E-state index contributed by atoms with van der Waals surface area (Å²) in [5, 5.41) is 14.6. The van der Waals surface area contributed by atoms with Gasteiger partial charge in [-0.1, -0.05) is 17.5 Å². The van der Waals surface area contributed by atoms with Crippen LogP contribution in [0.1, 0.15) is 56.3 Å². The van der Waals surface area contributed by atoms with Gasteiger partial charge in [-0.05, 0) is 68.7 Å². The number of halogens is 3. The topological polar surface area (TPSA) is 77.4 Å². The maximum Gasteiger partial charge on any atom is 0.207 e. The lowest BCUT2D eigenvalue weighted by Crippen LogP contribution is -2.50. The lowest BCUT2D eigenvalue weighted by molar-refractivity contribution is 0.255. The molecular weight excluding hydrogens is 534 g/mol. The highest BCUT2D eigenvalue weighted by molar-refractivity contribution is 6.32. The standard InChI is InChI=1S/C30H31ClF2N6O/c1-17-14-34-8-10-39(17)29-22-15-35-27(21-11-20(40)12-23(31)25(21)18-3-4-18)26(33)28(22)36-24(37-29)5-7-30-6-2-9-38(30)16-19(32)13-30/h11-12,15,17-19,34,40H,2-4,6,8-10,13-14,16H2,1H3/t17?,19-,30-/m1/s1. The van der Waals surface area contributed by atoms with Gasteiger partial charge in [0, 0.05) is 55.4 Å². The zero-order valence-corrected chi connectivity index (χ0v) is 23.1. The molecule has 10 heteroatoms. The van der Waals surface area contributed by atoms with E-state index in [2.05, 4.69) is 43.8 Å². The van der Waals surface area contributed by atoms with Crippen LogP contribution in [0, 0.1) is 17.7 Å². The fraction of sp³-hybridized carbons (Fsp3) is 0.500. The number of hydrogen-bond donors (Lipinski definition) is 2. The van der Waals surface area contributed by atoms with Gasteiger partial charge in [0.1, 0.15) is 28.9 Å². The Balaban J connectivity index is 1.40. The summed E-state index contributed by atoms with van der Waals surface area (Å²) in [5.41, 5.74) is 0.996. The minimum Gasteiger partial charge on any atom is -0.508 e. The van der Waals surface area contributed by atoms with Crippen molar-refractivity contribution >= 4 is 28.3 Å². The van der Waals surface area contributed by atoms with Crippen LogP contribution in [0.5, 0.6) is 5.75 Å². The Labute approximate surface area is 237 Å². The fourth-order valence-corrected chi connectivity index (χ4v) is 7.08. The summed E-state index contributed by atoms with van der Waals surface area (Å²) in [6.45, 7) is 5.55. The van der Waals surface area contributed by atoms with E-state index in [1.807, 2.05) is 0 Å². The molecule has 1 saturated carbocycles. The average molecular weight is 565 g/mol. The molecule has 3 aromatic rings. The highest BCUT2D eigenvalue weighted by Crippen LogP contribution is 2.49. The van der Waals surface area contributed by atoms with Crippen molar-refractivity contribution in [2.45, 2.75) is 62.7 Å². The Hall–Kier alpha value is -3.06. The molecular formula is C30H31ClF2N6O. The molecule has 0 spiro atoms. The molecule has 1 aromatic carbocycles. The second-order valence-corrected chi connectivity index (χ2v) is 12.0. The van der Waals surface area contributed by atoms with Crippen molar-refractivity contribution in [1.29, 1.82) is 0 Å². The SMILES string of the molecule is CC1CNCCN1c1nc(C#C[C@@]23CCCN2C[C@H](F)C3)nc2c(F)c(-c3cc(O)cc(Cl)c3C3CC3)ncc12. The van der Waals surface area contributed by atoms with E-state index in [4.69, 9.17) is 16.6 Å². The van der Waals surface area contributed by atoms with Gasteiger partial charge in [-0.25, -0.2) is 18.7 Å². The van der Waals surface area contributed by atoms with E-state index in [1.54, 1.807) is 6.20 Å². The van der Waals surface area contributed by atoms with E-state index in [9.17, 15) is 9.50 Å². The molecule has 0 radical (unpaired) electrons. The number of benzene rings is 1. The van der Waals surface area contributed by atoms with Crippen LogP contribution in [-0.2, 0) is 0 Å². The lowest BCUT2D eigenvalue weighted by Gasteiger charge is -2.35. The third-order valence-corrected chi connectivity index (χ3v) is 9.11. The van der Waals surface area contributed by atoms with E-state index in [-0.39, 0.29) is 34.7 Å². The van der Waals surface area contributed by atoms with Gasteiger partial charge in [-0.2, -0.15) is 0 Å². The maximum atomic E-state index is 16.5. The largest absolute Gasteiger partial charge is 0.508 e. The second-order valence-electron chi connectivity index (χ2n) is 11.6. The maximum absolute atomic E-state index is 16.5. The molecule has 2 aromatic heterocycles. The number of pyridine rings is 1. The van der Waals surface area contributed by atoms with Crippen molar-refractivity contribution in [3.8, 4) is 28.8 Å². The number of rotatable bonds is 3. The molecule has 4 aliphatic rings. The minimum absolute atomic E-state index is 0.0432. The Morgan fingerprint density at radius 1 is 1.23 bits per heavy atom. The molecule has 7 rings (SSSR count). The molecule has 3 aliphatic heterocycles. The molecule has 4 fully saturated rings. The molecule has 3 saturated heterocycles. The van der Waals surface area contributed by atoms with Crippen molar-refractivity contribution in [2.75, 3.05) is 37.6 Å². The fourth-order valence-electron chi connectivity index (χ4n) is 6.71. The Morgan fingerprint density at radius 2 is 2.08 bits per heavy atom. The van der Waals surface area contributed by atoms with E-state index in [0.717, 1.165) is 50.9 Å². The average Bonchev–Trinajstić information content (AvgIpc) is 3.61. The number of nitrogens with one attached hydrogen (secondary N) is 1. The third-order valence-electron chi connectivity index (χ3n) is 8.80. The van der Waals surface area contributed by atoms with E-state index in [0.29, 0.717) is 41.3 Å². The summed E-state index contributed by atoms with van der Waals surface area (Å²) < 4.78 is 30.8. The highest BCUT2D eigenvalue weighted by Gasteiger charge is 2.47. The molecule has 3 atom stereocenters. The van der Waals surface area contributed by atoms with Crippen molar-refractivity contribution in [3.63, 3.8) is 0 Å². The van der Waals surface area contributed by atoms with Gasteiger partial charge in [0.2, 0.25) is 5.82 Å². The van der Waals surface area contributed by atoms with Crippen LogP contribution in [0.4, 0.5) is 14.6 Å². The summed E-state index contributed by atoms with van der Waals surface area (Å²) in [6.07, 6.45) is 4.79. The zero-order chi connectivity index (χ0) is 27.6. The summed E-state index contributed by atoms with van der Waals surface area (Å²) in [7, 11) is 0. The monoisotopic (exact) mass is 564 g/mol. The first-order chi connectivity index (χ1) is 19.3. The van der Waals surface area contributed by atoms with E-state index < -0.39 is 17.5 Å². The first kappa shape index (κ1) is 25.9. The molecule has 2 N–H and O–H groups in total. The van der Waals surface area contributed by atoms with Gasteiger partial charge < -0.3 is 15.3 Å². The number of piperazine rings is 1. The van der Waals surface area contributed by atoms with Crippen LogP contribution in [0.2, 0.25) is 5.02 Å². The van der Waals surface area contributed by atoms with Crippen LogP contribution in [-0.4, -0.2) is 75.4 Å². The van der Waals surface area contributed by atoms with Gasteiger partial charge in [-0.15, -0.1) is 0 Å². The number of aromatic hydroxyl groups is 1. The quantitative estimate of drug-likeness (QED) is 0.443. The molecule has 5 heterocycles. The Kier molecular flexibility index (Phi) is 6.33. The second kappa shape index (κ2) is 9.79. The predicted octanol–water partition coefficient (Wildman–Crippen LogP) is 4.79. The zero-order valence-electron chi connectivity index (χ0n) is 22.4. The van der Waals surface area contributed by atoms with Crippen molar-refractivity contribution in [2.24, 2.45) is 0 Å². The third kappa shape index (κ3) is 4.37. The lowest BCUT2D eigenvalue weighted by atomic mass is 9.94.